The van der Waals surface area contributed by atoms with Crippen LogP contribution in [0.2, 0.25) is 0 Å². The summed E-state index contributed by atoms with van der Waals surface area (Å²) in [5.74, 6) is 2.14. The second-order valence-electron chi connectivity index (χ2n) is 6.86. The molecule has 2 saturated heterocycles. The van der Waals surface area contributed by atoms with Crippen LogP contribution in [0.4, 0.5) is 16.0 Å². The molecule has 5 heterocycles. The van der Waals surface area contributed by atoms with Gasteiger partial charge in [-0.25, -0.2) is 24.3 Å². The number of rotatable bonds is 2. The van der Waals surface area contributed by atoms with E-state index in [4.69, 9.17) is 0 Å². The third-order valence-corrected chi connectivity index (χ3v) is 5.31. The number of hydrogen-bond donors (Lipinski definition) is 0. The number of fused-ring (bicyclic) bond motifs is 2. The van der Waals surface area contributed by atoms with Crippen LogP contribution < -0.4 is 9.80 Å². The van der Waals surface area contributed by atoms with Crippen molar-refractivity contribution in [1.82, 2.24) is 24.5 Å². The largest absolute Gasteiger partial charge is 0.354 e. The van der Waals surface area contributed by atoms with E-state index in [0.717, 1.165) is 43.2 Å². The van der Waals surface area contributed by atoms with Crippen LogP contribution in [0.25, 0.3) is 11.2 Å². The fraction of sp³-hybridized carbons (Fsp3) is 0.412. The molecular weight excluding hydrogens is 321 g/mol. The molecule has 0 N–H and O–H groups in total. The smallest absolute Gasteiger partial charge is 0.182 e. The van der Waals surface area contributed by atoms with E-state index in [2.05, 4.69) is 29.7 Å². The lowest BCUT2D eigenvalue weighted by Gasteiger charge is -2.23. The Kier molecular flexibility index (Phi) is 3.13. The summed E-state index contributed by atoms with van der Waals surface area (Å²) in [6.45, 7) is 3.48. The minimum Gasteiger partial charge on any atom is -0.354 e. The lowest BCUT2D eigenvalue weighted by atomic mass is 10.0. The monoisotopic (exact) mass is 339 g/mol. The quantitative estimate of drug-likeness (QED) is 0.705. The number of aryl methyl sites for hydroxylation is 1. The molecule has 0 aliphatic carbocycles. The highest BCUT2D eigenvalue weighted by molar-refractivity contribution is 5.83. The Balaban J connectivity index is 1.39. The minimum atomic E-state index is -0.244. The average Bonchev–Trinajstić information content (AvgIpc) is 3.28. The maximum absolute atomic E-state index is 14.0. The standard InChI is InChI=1S/C17H18FN7/c1-23-10-22-15-14(23)17(21-9-20-15)25-7-11-5-24(6-12(11)8-25)16-13(18)3-2-4-19-16/h2-4,9-12H,5-8H2,1H3. The molecule has 3 aromatic heterocycles. The number of hydrogen-bond acceptors (Lipinski definition) is 6. The van der Waals surface area contributed by atoms with Crippen LogP contribution >= 0.6 is 0 Å². The first-order chi connectivity index (χ1) is 12.2. The van der Waals surface area contributed by atoms with Crippen molar-refractivity contribution in [1.29, 1.82) is 0 Å². The summed E-state index contributed by atoms with van der Waals surface area (Å²) < 4.78 is 16.0. The Labute approximate surface area is 144 Å². The van der Waals surface area contributed by atoms with Gasteiger partial charge in [0.25, 0.3) is 0 Å². The normalized spacial score (nSPS) is 22.8. The molecule has 0 radical (unpaired) electrons. The van der Waals surface area contributed by atoms with Gasteiger partial charge in [-0.05, 0) is 12.1 Å². The van der Waals surface area contributed by atoms with Crippen molar-refractivity contribution in [2.75, 3.05) is 36.0 Å². The summed E-state index contributed by atoms with van der Waals surface area (Å²) in [5.41, 5.74) is 1.69. The summed E-state index contributed by atoms with van der Waals surface area (Å²) >= 11 is 0. The molecule has 2 aliphatic heterocycles. The van der Waals surface area contributed by atoms with Gasteiger partial charge in [0.05, 0.1) is 6.33 Å². The predicted octanol–water partition coefficient (Wildman–Crippen LogP) is 1.47. The van der Waals surface area contributed by atoms with Crippen LogP contribution in [0.15, 0.2) is 31.0 Å². The van der Waals surface area contributed by atoms with Crippen LogP contribution in [-0.4, -0.2) is 50.7 Å². The summed E-state index contributed by atoms with van der Waals surface area (Å²) in [6.07, 6.45) is 5.00. The van der Waals surface area contributed by atoms with E-state index >= 15 is 0 Å². The Bertz CT molecular complexity index is 926. The first kappa shape index (κ1) is 14.6. The number of halogens is 1. The van der Waals surface area contributed by atoms with Crippen molar-refractivity contribution >= 4 is 22.8 Å². The number of anilines is 2. The number of nitrogens with zero attached hydrogens (tertiary/aromatic N) is 7. The molecule has 7 nitrogen and oxygen atoms in total. The molecule has 0 bridgehead atoms. The second-order valence-corrected chi connectivity index (χ2v) is 6.86. The summed E-state index contributed by atoms with van der Waals surface area (Å²) in [7, 11) is 1.96. The van der Waals surface area contributed by atoms with E-state index < -0.39 is 0 Å². The van der Waals surface area contributed by atoms with Crippen LogP contribution in [0.3, 0.4) is 0 Å². The van der Waals surface area contributed by atoms with Gasteiger partial charge in [0.2, 0.25) is 0 Å². The van der Waals surface area contributed by atoms with Crippen molar-refractivity contribution in [3.05, 3.63) is 36.8 Å². The number of imidazole rings is 1. The molecule has 8 heteroatoms. The first-order valence-electron chi connectivity index (χ1n) is 8.43. The minimum absolute atomic E-state index is 0.244. The van der Waals surface area contributed by atoms with Crippen molar-refractivity contribution in [2.45, 2.75) is 0 Å². The second kappa shape index (κ2) is 5.37. The highest BCUT2D eigenvalue weighted by Crippen LogP contribution is 2.37. The maximum atomic E-state index is 14.0. The van der Waals surface area contributed by atoms with Gasteiger partial charge < -0.3 is 14.4 Å². The van der Waals surface area contributed by atoms with Crippen molar-refractivity contribution in [3.8, 4) is 0 Å². The molecule has 5 rings (SSSR count). The van der Waals surface area contributed by atoms with Crippen molar-refractivity contribution < 1.29 is 4.39 Å². The molecule has 2 unspecified atom stereocenters. The Hall–Kier alpha value is -2.77. The molecule has 128 valence electrons. The Morgan fingerprint density at radius 3 is 2.40 bits per heavy atom. The molecule has 2 aliphatic rings. The van der Waals surface area contributed by atoms with Gasteiger partial charge in [-0.2, -0.15) is 0 Å². The molecule has 25 heavy (non-hydrogen) atoms. The van der Waals surface area contributed by atoms with Crippen LogP contribution in [-0.2, 0) is 7.05 Å². The summed E-state index contributed by atoms with van der Waals surface area (Å²) in [6, 6.07) is 3.11. The SMILES string of the molecule is Cn1cnc2ncnc(N3CC4CN(c5ncccc5F)CC4C3)c21. The van der Waals surface area contributed by atoms with E-state index in [9.17, 15) is 4.39 Å². The van der Waals surface area contributed by atoms with E-state index in [-0.39, 0.29) is 5.82 Å². The zero-order valence-corrected chi connectivity index (χ0v) is 13.9. The average molecular weight is 339 g/mol. The van der Waals surface area contributed by atoms with Gasteiger partial charge in [-0.15, -0.1) is 0 Å². The van der Waals surface area contributed by atoms with E-state index in [1.165, 1.54) is 6.07 Å². The number of aromatic nitrogens is 5. The fourth-order valence-corrected chi connectivity index (χ4v) is 4.15. The molecular formula is C17H18FN7. The van der Waals surface area contributed by atoms with Gasteiger partial charge in [0.1, 0.15) is 11.8 Å². The molecule has 0 amide bonds. The van der Waals surface area contributed by atoms with Crippen molar-refractivity contribution in [2.24, 2.45) is 18.9 Å². The first-order valence-corrected chi connectivity index (χ1v) is 8.43. The molecule has 0 saturated carbocycles. The Morgan fingerprint density at radius 1 is 0.960 bits per heavy atom. The highest BCUT2D eigenvalue weighted by Gasteiger charge is 2.42. The fourth-order valence-electron chi connectivity index (χ4n) is 4.15. The van der Waals surface area contributed by atoms with E-state index in [1.807, 2.05) is 11.6 Å². The van der Waals surface area contributed by atoms with E-state index in [0.29, 0.717) is 17.7 Å². The lowest BCUT2D eigenvalue weighted by Crippen LogP contribution is -2.30. The van der Waals surface area contributed by atoms with Gasteiger partial charge in [0, 0.05) is 51.3 Å². The topological polar surface area (TPSA) is 63.0 Å². The third kappa shape index (κ3) is 2.24. The summed E-state index contributed by atoms with van der Waals surface area (Å²) in [5, 5.41) is 0. The van der Waals surface area contributed by atoms with E-state index in [1.54, 1.807) is 24.9 Å². The summed E-state index contributed by atoms with van der Waals surface area (Å²) in [4.78, 5) is 21.7. The van der Waals surface area contributed by atoms with Gasteiger partial charge in [0.15, 0.2) is 23.1 Å². The highest BCUT2D eigenvalue weighted by atomic mass is 19.1. The maximum Gasteiger partial charge on any atom is 0.182 e. The molecule has 2 fully saturated rings. The Morgan fingerprint density at radius 2 is 1.68 bits per heavy atom. The number of pyridine rings is 1. The zero-order valence-electron chi connectivity index (χ0n) is 13.9. The zero-order chi connectivity index (χ0) is 17.0. The van der Waals surface area contributed by atoms with Gasteiger partial charge in [-0.1, -0.05) is 0 Å². The third-order valence-electron chi connectivity index (χ3n) is 5.31. The van der Waals surface area contributed by atoms with Gasteiger partial charge >= 0.3 is 0 Å². The van der Waals surface area contributed by atoms with Gasteiger partial charge in [-0.3, -0.25) is 0 Å². The van der Waals surface area contributed by atoms with Crippen molar-refractivity contribution in [3.63, 3.8) is 0 Å². The molecule has 0 aromatic carbocycles. The van der Waals surface area contributed by atoms with Crippen LogP contribution in [0, 0.1) is 17.7 Å². The molecule has 2 atom stereocenters. The van der Waals surface area contributed by atoms with Crippen LogP contribution in [0.5, 0.6) is 0 Å². The van der Waals surface area contributed by atoms with Crippen LogP contribution in [0.1, 0.15) is 0 Å². The predicted molar refractivity (Wildman–Crippen MR) is 91.9 cm³/mol. The molecule has 3 aromatic rings. The molecule has 0 spiro atoms. The lowest BCUT2D eigenvalue weighted by molar-refractivity contribution is 0.533.